The molecule has 70 valence electrons. The first-order valence-electron chi connectivity index (χ1n) is 5.20. The fourth-order valence-corrected chi connectivity index (χ4v) is 2.37. The lowest BCUT2D eigenvalue weighted by Gasteiger charge is -2.23. The summed E-state index contributed by atoms with van der Waals surface area (Å²) in [4.78, 5) is 1.24. The molecule has 1 heteroatoms. The van der Waals surface area contributed by atoms with Crippen molar-refractivity contribution in [1.29, 1.82) is 0 Å². The van der Waals surface area contributed by atoms with Crippen molar-refractivity contribution < 1.29 is 0 Å². The highest BCUT2D eigenvalue weighted by molar-refractivity contribution is 7.80. The van der Waals surface area contributed by atoms with E-state index < -0.39 is 0 Å². The molecule has 0 spiro atoms. The molecule has 0 heterocycles. The fraction of sp³-hybridized carbons (Fsp3) is 0.909. The van der Waals surface area contributed by atoms with Crippen LogP contribution in [0, 0.1) is 11.8 Å². The zero-order valence-electron chi connectivity index (χ0n) is 8.31. The van der Waals surface area contributed by atoms with Crippen LogP contribution in [0.1, 0.15) is 52.4 Å². The Morgan fingerprint density at radius 1 is 1.17 bits per heavy atom. The van der Waals surface area contributed by atoms with Crippen LogP contribution in [0.3, 0.4) is 0 Å². The van der Waals surface area contributed by atoms with Gasteiger partial charge in [-0.25, -0.2) is 0 Å². The van der Waals surface area contributed by atoms with Gasteiger partial charge in [0.25, 0.3) is 0 Å². The normalized spacial score (nSPS) is 32.2. The summed E-state index contributed by atoms with van der Waals surface area (Å²) >= 11 is 5.27. The summed E-state index contributed by atoms with van der Waals surface area (Å²) in [5.74, 6) is 1.64. The molecule has 1 rings (SSSR count). The van der Waals surface area contributed by atoms with Gasteiger partial charge < -0.3 is 0 Å². The summed E-state index contributed by atoms with van der Waals surface area (Å²) < 4.78 is 0. The smallest absolute Gasteiger partial charge is 0.00715 e. The number of hydrogen-bond donors (Lipinski definition) is 0. The molecule has 1 fully saturated rings. The summed E-state index contributed by atoms with van der Waals surface area (Å²) in [7, 11) is 0. The lowest BCUT2D eigenvalue weighted by atomic mass is 9.84. The van der Waals surface area contributed by atoms with E-state index in [1.807, 2.05) is 0 Å². The Kier molecular flexibility index (Phi) is 4.20. The summed E-state index contributed by atoms with van der Waals surface area (Å²) in [6, 6.07) is 0. The topological polar surface area (TPSA) is 0 Å². The van der Waals surface area contributed by atoms with Crippen molar-refractivity contribution in [2.75, 3.05) is 0 Å². The van der Waals surface area contributed by atoms with Crippen molar-refractivity contribution in [3.8, 4) is 0 Å². The van der Waals surface area contributed by atoms with Crippen molar-refractivity contribution >= 4 is 17.1 Å². The van der Waals surface area contributed by atoms with Gasteiger partial charge in [0.1, 0.15) is 0 Å². The predicted octanol–water partition coefficient (Wildman–Crippen LogP) is 3.98. The van der Waals surface area contributed by atoms with Crippen LogP contribution in [0.25, 0.3) is 0 Å². The van der Waals surface area contributed by atoms with Gasteiger partial charge in [-0.3, -0.25) is 0 Å². The van der Waals surface area contributed by atoms with E-state index in [9.17, 15) is 0 Å². The van der Waals surface area contributed by atoms with Gasteiger partial charge in [-0.15, -0.1) is 0 Å². The predicted molar refractivity (Wildman–Crippen MR) is 58.6 cm³/mol. The molecule has 0 N–H and O–H groups in total. The summed E-state index contributed by atoms with van der Waals surface area (Å²) in [5.41, 5.74) is 0. The Bertz CT molecular complexity index is 151. The summed E-state index contributed by atoms with van der Waals surface area (Å²) in [5, 5.41) is 0. The molecule has 1 saturated carbocycles. The van der Waals surface area contributed by atoms with Crippen molar-refractivity contribution in [3.63, 3.8) is 0 Å². The third-order valence-electron chi connectivity index (χ3n) is 3.01. The van der Waals surface area contributed by atoms with Gasteiger partial charge in [0.05, 0.1) is 0 Å². The van der Waals surface area contributed by atoms with Gasteiger partial charge >= 0.3 is 0 Å². The van der Waals surface area contributed by atoms with Gasteiger partial charge in [-0.05, 0) is 36.5 Å². The molecule has 2 unspecified atom stereocenters. The van der Waals surface area contributed by atoms with Gasteiger partial charge in [0.2, 0.25) is 0 Å². The number of hydrogen-bond acceptors (Lipinski definition) is 1. The summed E-state index contributed by atoms with van der Waals surface area (Å²) in [6.07, 6.45) is 8.35. The second-order valence-corrected chi connectivity index (χ2v) is 4.93. The molecule has 0 bridgehead atoms. The molecule has 0 aromatic heterocycles. The third-order valence-corrected chi connectivity index (χ3v) is 3.34. The summed E-state index contributed by atoms with van der Waals surface area (Å²) in [6.45, 7) is 4.49. The molecule has 1 aliphatic carbocycles. The highest BCUT2D eigenvalue weighted by Crippen LogP contribution is 2.27. The molecular weight excluding hydrogens is 164 g/mol. The van der Waals surface area contributed by atoms with E-state index >= 15 is 0 Å². The largest absolute Gasteiger partial charge is 0.0897 e. The highest BCUT2D eigenvalue weighted by Gasteiger charge is 2.16. The van der Waals surface area contributed by atoms with Crippen molar-refractivity contribution in [1.82, 2.24) is 0 Å². The van der Waals surface area contributed by atoms with Crippen LogP contribution in [0.4, 0.5) is 0 Å². The van der Waals surface area contributed by atoms with Gasteiger partial charge in [-0.2, -0.15) is 0 Å². The number of rotatable bonds is 1. The van der Waals surface area contributed by atoms with E-state index in [1.54, 1.807) is 0 Å². The number of thiocarbonyl (C=S) groups is 1. The molecular formula is C11H20S. The van der Waals surface area contributed by atoms with E-state index in [1.165, 1.54) is 43.4 Å². The maximum atomic E-state index is 5.27. The third kappa shape index (κ3) is 3.22. The Morgan fingerprint density at radius 2 is 1.83 bits per heavy atom. The van der Waals surface area contributed by atoms with Crippen LogP contribution in [0.5, 0.6) is 0 Å². The van der Waals surface area contributed by atoms with Gasteiger partial charge in [0, 0.05) is 0 Å². The zero-order chi connectivity index (χ0) is 8.97. The van der Waals surface area contributed by atoms with Crippen LogP contribution in [0.15, 0.2) is 0 Å². The average Bonchev–Trinajstić information content (AvgIpc) is 1.95. The zero-order valence-corrected chi connectivity index (χ0v) is 9.12. The highest BCUT2D eigenvalue weighted by atomic mass is 32.1. The SMILES string of the molecule is CC(=S)C1CCCCCC(C)C1. The molecule has 1 aliphatic rings. The van der Waals surface area contributed by atoms with Crippen LogP contribution in [0.2, 0.25) is 0 Å². The second-order valence-electron chi connectivity index (χ2n) is 4.29. The van der Waals surface area contributed by atoms with Crippen LogP contribution >= 0.6 is 12.2 Å². The lowest BCUT2D eigenvalue weighted by Crippen LogP contribution is -2.15. The quantitative estimate of drug-likeness (QED) is 0.555. The monoisotopic (exact) mass is 184 g/mol. The first-order valence-corrected chi connectivity index (χ1v) is 5.61. The van der Waals surface area contributed by atoms with Crippen LogP contribution in [-0.4, -0.2) is 4.86 Å². The minimum absolute atomic E-state index is 0.746. The average molecular weight is 184 g/mol. The molecule has 0 aromatic rings. The van der Waals surface area contributed by atoms with Crippen molar-refractivity contribution in [2.24, 2.45) is 11.8 Å². The Balaban J connectivity index is 2.43. The molecule has 0 radical (unpaired) electrons. The molecule has 2 atom stereocenters. The molecule has 12 heavy (non-hydrogen) atoms. The van der Waals surface area contributed by atoms with E-state index in [0.717, 1.165) is 11.8 Å². The van der Waals surface area contributed by atoms with E-state index in [-0.39, 0.29) is 0 Å². The Labute approximate surface area is 81.7 Å². The first kappa shape index (κ1) is 10.2. The Hall–Kier alpha value is 0.0900. The maximum Gasteiger partial charge on any atom is -0.00715 e. The standard InChI is InChI=1S/C11H20S/c1-9-6-4-3-5-7-11(8-9)10(2)12/h9,11H,3-8H2,1-2H3. The minimum Gasteiger partial charge on any atom is -0.0897 e. The van der Waals surface area contributed by atoms with E-state index in [2.05, 4.69) is 13.8 Å². The van der Waals surface area contributed by atoms with E-state index in [0.29, 0.717) is 0 Å². The molecule has 0 aromatic carbocycles. The van der Waals surface area contributed by atoms with Crippen molar-refractivity contribution in [3.05, 3.63) is 0 Å². The van der Waals surface area contributed by atoms with Crippen LogP contribution in [-0.2, 0) is 0 Å². The van der Waals surface area contributed by atoms with Crippen molar-refractivity contribution in [2.45, 2.75) is 52.4 Å². The second kappa shape index (κ2) is 4.96. The van der Waals surface area contributed by atoms with Crippen LogP contribution < -0.4 is 0 Å². The maximum absolute atomic E-state index is 5.27. The molecule has 0 amide bonds. The molecule has 0 saturated heterocycles. The van der Waals surface area contributed by atoms with Gasteiger partial charge in [0.15, 0.2) is 0 Å². The van der Waals surface area contributed by atoms with Gasteiger partial charge in [-0.1, -0.05) is 44.8 Å². The Morgan fingerprint density at radius 3 is 2.50 bits per heavy atom. The molecule has 0 nitrogen and oxygen atoms in total. The molecule has 0 aliphatic heterocycles. The fourth-order valence-electron chi connectivity index (χ4n) is 2.15. The first-order chi connectivity index (χ1) is 5.70. The van der Waals surface area contributed by atoms with E-state index in [4.69, 9.17) is 12.2 Å². The lowest BCUT2D eigenvalue weighted by molar-refractivity contribution is 0.366. The minimum atomic E-state index is 0.746.